The van der Waals surface area contributed by atoms with E-state index in [4.69, 9.17) is 4.74 Å². The number of methoxy groups -OCH3 is 1. The van der Waals surface area contributed by atoms with Crippen molar-refractivity contribution in [1.82, 2.24) is 10.6 Å². The van der Waals surface area contributed by atoms with Gasteiger partial charge in [-0.15, -0.1) is 0 Å². The van der Waals surface area contributed by atoms with Crippen LogP contribution in [-0.2, 0) is 6.42 Å². The largest absolute Gasteiger partial charge is 0.496 e. The van der Waals surface area contributed by atoms with Crippen molar-refractivity contribution in [2.75, 3.05) is 20.2 Å². The molecule has 0 fully saturated rings. The second kappa shape index (κ2) is 8.77. The molecular formula is C18H30N2O3. The molecule has 5 heteroatoms. The van der Waals surface area contributed by atoms with E-state index < -0.39 is 6.10 Å². The Balaban J connectivity index is 2.37. The fraction of sp³-hybridized carbons (Fsp3) is 0.611. The van der Waals surface area contributed by atoms with Crippen molar-refractivity contribution in [2.24, 2.45) is 11.3 Å². The fourth-order valence-electron chi connectivity index (χ4n) is 2.60. The maximum Gasteiger partial charge on any atom is 0.314 e. The fourth-order valence-corrected chi connectivity index (χ4v) is 2.60. The molecule has 0 aliphatic rings. The molecule has 2 amide bonds. The molecule has 0 heterocycles. The molecule has 1 aromatic rings. The molecule has 1 unspecified atom stereocenters. The van der Waals surface area contributed by atoms with Gasteiger partial charge in [-0.3, -0.25) is 0 Å². The van der Waals surface area contributed by atoms with Crippen molar-refractivity contribution in [3.8, 4) is 5.75 Å². The van der Waals surface area contributed by atoms with Gasteiger partial charge in [-0.25, -0.2) is 4.79 Å². The number of benzene rings is 1. The van der Waals surface area contributed by atoms with Crippen molar-refractivity contribution in [3.05, 3.63) is 29.8 Å². The normalized spacial score (nSPS) is 12.8. The minimum Gasteiger partial charge on any atom is -0.496 e. The average molecular weight is 322 g/mol. The van der Waals surface area contributed by atoms with Gasteiger partial charge in [0.1, 0.15) is 5.75 Å². The van der Waals surface area contributed by atoms with Gasteiger partial charge in [-0.1, -0.05) is 45.9 Å². The number of hydrogen-bond acceptors (Lipinski definition) is 3. The first-order chi connectivity index (χ1) is 10.8. The zero-order chi connectivity index (χ0) is 17.5. The average Bonchev–Trinajstić information content (AvgIpc) is 2.52. The Morgan fingerprint density at radius 3 is 2.52 bits per heavy atom. The van der Waals surface area contributed by atoms with Crippen molar-refractivity contribution in [3.63, 3.8) is 0 Å². The number of ether oxygens (including phenoxy) is 1. The van der Waals surface area contributed by atoms with Crippen LogP contribution in [0.15, 0.2) is 24.3 Å². The molecule has 0 saturated carbocycles. The molecule has 0 aliphatic heterocycles. The molecule has 130 valence electrons. The van der Waals surface area contributed by atoms with Crippen molar-refractivity contribution >= 4 is 6.03 Å². The van der Waals surface area contributed by atoms with Gasteiger partial charge in [0.15, 0.2) is 0 Å². The summed E-state index contributed by atoms with van der Waals surface area (Å²) in [6, 6.07) is 7.55. The molecule has 1 aromatic carbocycles. The predicted octanol–water partition coefficient (Wildman–Crippen LogP) is 2.58. The number of para-hydroxylation sites is 1. The molecule has 0 saturated heterocycles. The van der Waals surface area contributed by atoms with Crippen molar-refractivity contribution < 1.29 is 14.6 Å². The Labute approximate surface area is 139 Å². The summed E-state index contributed by atoms with van der Waals surface area (Å²) in [7, 11) is 1.64. The van der Waals surface area contributed by atoms with Crippen molar-refractivity contribution in [2.45, 2.75) is 40.2 Å². The van der Waals surface area contributed by atoms with Crippen molar-refractivity contribution in [1.29, 1.82) is 0 Å². The summed E-state index contributed by atoms with van der Waals surface area (Å²) in [5.41, 5.74) is 0.694. The molecule has 0 radical (unpaired) electrons. The first-order valence-electron chi connectivity index (χ1n) is 8.09. The standard InChI is InChI=1S/C18H30N2O3/c1-13(2)16(21)18(3,4)12-20-17(22)19-11-10-14-8-6-7-9-15(14)23-5/h6-9,13,16,21H,10-12H2,1-5H3,(H2,19,20,22). The van der Waals surface area contributed by atoms with Gasteiger partial charge in [-0.05, 0) is 24.0 Å². The first-order valence-corrected chi connectivity index (χ1v) is 8.09. The summed E-state index contributed by atoms with van der Waals surface area (Å²) in [4.78, 5) is 11.9. The summed E-state index contributed by atoms with van der Waals surface area (Å²) < 4.78 is 5.29. The third-order valence-corrected chi connectivity index (χ3v) is 4.01. The molecule has 5 nitrogen and oxygen atoms in total. The van der Waals surface area contributed by atoms with Gasteiger partial charge < -0.3 is 20.5 Å². The molecule has 23 heavy (non-hydrogen) atoms. The van der Waals surface area contributed by atoms with Crippen LogP contribution in [0.2, 0.25) is 0 Å². The lowest BCUT2D eigenvalue weighted by Crippen LogP contribution is -2.46. The van der Waals surface area contributed by atoms with Gasteiger partial charge in [0.2, 0.25) is 0 Å². The van der Waals surface area contributed by atoms with E-state index in [1.54, 1.807) is 7.11 Å². The number of aliphatic hydroxyl groups is 1. The van der Waals surface area contributed by atoms with E-state index in [0.29, 0.717) is 19.5 Å². The minimum atomic E-state index is -0.462. The molecule has 0 aromatic heterocycles. The van der Waals surface area contributed by atoms with E-state index in [9.17, 15) is 9.90 Å². The second-order valence-corrected chi connectivity index (χ2v) is 6.85. The van der Waals surface area contributed by atoms with Gasteiger partial charge in [0.25, 0.3) is 0 Å². The number of carbonyl (C=O) groups excluding carboxylic acids is 1. The topological polar surface area (TPSA) is 70.6 Å². The SMILES string of the molecule is COc1ccccc1CCNC(=O)NCC(C)(C)C(O)C(C)C. The molecule has 0 spiro atoms. The van der Waals surface area contributed by atoms with Crippen LogP contribution < -0.4 is 15.4 Å². The van der Waals surface area contributed by atoms with Crippen LogP contribution in [0.5, 0.6) is 5.75 Å². The van der Waals surface area contributed by atoms with Crippen LogP contribution in [-0.4, -0.2) is 37.4 Å². The Kier molecular flexibility index (Phi) is 7.36. The molecule has 1 atom stereocenters. The molecular weight excluding hydrogens is 292 g/mol. The van der Waals surface area contributed by atoms with Gasteiger partial charge >= 0.3 is 6.03 Å². The van der Waals surface area contributed by atoms with Crippen LogP contribution in [0.25, 0.3) is 0 Å². The molecule has 3 N–H and O–H groups in total. The number of nitrogens with one attached hydrogen (secondary N) is 2. The minimum absolute atomic E-state index is 0.153. The highest BCUT2D eigenvalue weighted by atomic mass is 16.5. The maximum atomic E-state index is 11.9. The lowest BCUT2D eigenvalue weighted by Gasteiger charge is -2.33. The summed E-state index contributed by atoms with van der Waals surface area (Å²) in [6.45, 7) is 8.80. The number of rotatable bonds is 8. The number of carbonyl (C=O) groups is 1. The Hall–Kier alpha value is -1.75. The van der Waals surface area contributed by atoms with Crippen LogP contribution in [0.1, 0.15) is 33.3 Å². The Bertz CT molecular complexity index is 501. The third-order valence-electron chi connectivity index (χ3n) is 4.01. The molecule has 0 aliphatic carbocycles. The van der Waals surface area contributed by atoms with E-state index in [-0.39, 0.29) is 17.4 Å². The predicted molar refractivity (Wildman–Crippen MR) is 92.7 cm³/mol. The molecule has 0 bridgehead atoms. The molecule has 1 rings (SSSR count). The highest BCUT2D eigenvalue weighted by Gasteiger charge is 2.30. The van der Waals surface area contributed by atoms with Gasteiger partial charge in [0.05, 0.1) is 13.2 Å². The summed E-state index contributed by atoms with van der Waals surface area (Å²) >= 11 is 0. The van der Waals surface area contributed by atoms with E-state index in [1.165, 1.54) is 0 Å². The number of urea groups is 1. The summed E-state index contributed by atoms with van der Waals surface area (Å²) in [5.74, 6) is 0.983. The lowest BCUT2D eigenvalue weighted by molar-refractivity contribution is 0.0151. The van der Waals surface area contributed by atoms with Gasteiger partial charge in [-0.2, -0.15) is 0 Å². The number of aliphatic hydroxyl groups excluding tert-OH is 1. The van der Waals surface area contributed by atoms with E-state index in [1.807, 2.05) is 52.0 Å². The maximum absolute atomic E-state index is 11.9. The number of amides is 2. The van der Waals surface area contributed by atoms with E-state index >= 15 is 0 Å². The highest BCUT2D eigenvalue weighted by molar-refractivity contribution is 5.73. The quantitative estimate of drug-likeness (QED) is 0.689. The van der Waals surface area contributed by atoms with Crippen LogP contribution in [0, 0.1) is 11.3 Å². The lowest BCUT2D eigenvalue weighted by atomic mass is 9.81. The monoisotopic (exact) mass is 322 g/mol. The third kappa shape index (κ3) is 6.10. The summed E-state index contributed by atoms with van der Waals surface area (Å²) in [5, 5.41) is 15.8. The number of hydrogen-bond donors (Lipinski definition) is 3. The van der Waals surface area contributed by atoms with E-state index in [2.05, 4.69) is 10.6 Å². The van der Waals surface area contributed by atoms with E-state index in [0.717, 1.165) is 11.3 Å². The highest BCUT2D eigenvalue weighted by Crippen LogP contribution is 2.25. The van der Waals surface area contributed by atoms with Gasteiger partial charge in [0, 0.05) is 18.5 Å². The zero-order valence-corrected chi connectivity index (χ0v) is 14.8. The summed E-state index contributed by atoms with van der Waals surface area (Å²) in [6.07, 6.45) is 0.242. The smallest absolute Gasteiger partial charge is 0.314 e. The first kappa shape index (κ1) is 19.3. The second-order valence-electron chi connectivity index (χ2n) is 6.85. The van der Waals surface area contributed by atoms with Crippen LogP contribution in [0.4, 0.5) is 4.79 Å². The van der Waals surface area contributed by atoms with Crippen LogP contribution >= 0.6 is 0 Å². The van der Waals surface area contributed by atoms with Crippen LogP contribution in [0.3, 0.4) is 0 Å². The Morgan fingerprint density at radius 2 is 1.91 bits per heavy atom. The zero-order valence-electron chi connectivity index (χ0n) is 14.8. The Morgan fingerprint density at radius 1 is 1.26 bits per heavy atom.